The van der Waals surface area contributed by atoms with E-state index in [1.54, 1.807) is 17.4 Å². The molecule has 0 aliphatic carbocycles. The van der Waals surface area contributed by atoms with E-state index >= 15 is 0 Å². The molecule has 4 rings (SSSR count). The van der Waals surface area contributed by atoms with Gasteiger partial charge in [-0.15, -0.1) is 11.3 Å². The van der Waals surface area contributed by atoms with Crippen molar-refractivity contribution in [2.24, 2.45) is 0 Å². The molecular formula is C14H11ClN2OS. The van der Waals surface area contributed by atoms with Crippen LogP contribution in [0.15, 0.2) is 29.6 Å². The summed E-state index contributed by atoms with van der Waals surface area (Å²) >= 11 is 7.91. The first-order chi connectivity index (χ1) is 9.25. The van der Waals surface area contributed by atoms with Gasteiger partial charge in [-0.1, -0.05) is 17.7 Å². The Morgan fingerprint density at radius 3 is 3.16 bits per heavy atom. The number of nitrogens with zero attached hydrogens (tertiary/aromatic N) is 1. The number of carbonyl (C=O) groups is 1. The van der Waals surface area contributed by atoms with Gasteiger partial charge in [0.2, 0.25) is 0 Å². The van der Waals surface area contributed by atoms with Crippen molar-refractivity contribution in [2.45, 2.75) is 12.5 Å². The van der Waals surface area contributed by atoms with Crippen molar-refractivity contribution >= 4 is 40.2 Å². The lowest BCUT2D eigenvalue weighted by Gasteiger charge is -2.41. The zero-order valence-electron chi connectivity index (χ0n) is 10.0. The predicted molar refractivity (Wildman–Crippen MR) is 78.2 cm³/mol. The highest BCUT2D eigenvalue weighted by Gasteiger charge is 2.38. The average molecular weight is 291 g/mol. The summed E-state index contributed by atoms with van der Waals surface area (Å²) in [5, 5.41) is 5.61. The lowest BCUT2D eigenvalue weighted by Crippen LogP contribution is -2.45. The van der Waals surface area contributed by atoms with Gasteiger partial charge in [-0.05, 0) is 35.6 Å². The van der Waals surface area contributed by atoms with Crippen LogP contribution < -0.4 is 10.2 Å². The van der Waals surface area contributed by atoms with Crippen molar-refractivity contribution in [1.82, 2.24) is 0 Å². The van der Waals surface area contributed by atoms with Crippen LogP contribution in [0, 0.1) is 0 Å². The van der Waals surface area contributed by atoms with Crippen LogP contribution in [-0.4, -0.2) is 12.5 Å². The van der Waals surface area contributed by atoms with Gasteiger partial charge < -0.3 is 10.2 Å². The number of halogens is 1. The minimum absolute atomic E-state index is 0.0138. The second kappa shape index (κ2) is 3.99. The highest BCUT2D eigenvalue weighted by molar-refractivity contribution is 7.10. The van der Waals surface area contributed by atoms with Gasteiger partial charge in [-0.3, -0.25) is 4.79 Å². The molecule has 0 saturated carbocycles. The lowest BCUT2D eigenvalue weighted by atomic mass is 9.95. The first-order valence-corrected chi connectivity index (χ1v) is 7.44. The number of amides is 1. The smallest absolute Gasteiger partial charge is 0.251 e. The van der Waals surface area contributed by atoms with Crippen molar-refractivity contribution < 1.29 is 4.79 Å². The van der Waals surface area contributed by atoms with Gasteiger partial charge in [0.25, 0.3) is 5.91 Å². The summed E-state index contributed by atoms with van der Waals surface area (Å²) in [5.41, 5.74) is 2.90. The number of hydrogen-bond acceptors (Lipinski definition) is 3. The highest BCUT2D eigenvalue weighted by Crippen LogP contribution is 2.45. The Morgan fingerprint density at radius 2 is 2.26 bits per heavy atom. The van der Waals surface area contributed by atoms with Crippen molar-refractivity contribution in [3.63, 3.8) is 0 Å². The number of nitrogens with one attached hydrogen (secondary N) is 1. The van der Waals surface area contributed by atoms with Crippen molar-refractivity contribution in [3.8, 4) is 0 Å². The minimum atomic E-state index is -0.207. The average Bonchev–Trinajstić information content (AvgIpc) is 2.88. The fourth-order valence-corrected chi connectivity index (χ4v) is 4.05. The fraction of sp³-hybridized carbons (Fsp3) is 0.214. The van der Waals surface area contributed by atoms with Gasteiger partial charge in [0.05, 0.1) is 16.4 Å². The quantitative estimate of drug-likeness (QED) is 0.806. The summed E-state index contributed by atoms with van der Waals surface area (Å²) in [4.78, 5) is 15.9. The van der Waals surface area contributed by atoms with Crippen LogP contribution in [0.2, 0.25) is 5.02 Å². The first-order valence-electron chi connectivity index (χ1n) is 6.18. The number of thiophene rings is 1. The molecule has 3 heterocycles. The Labute approximate surface area is 119 Å². The molecular weight excluding hydrogens is 280 g/mol. The third kappa shape index (κ3) is 1.53. The molecule has 2 aliphatic heterocycles. The normalized spacial score (nSPS) is 20.4. The third-order valence-corrected chi connectivity index (χ3v) is 5.07. The number of carbonyl (C=O) groups excluding carboxylic acids is 1. The van der Waals surface area contributed by atoms with Crippen LogP contribution >= 0.6 is 22.9 Å². The first kappa shape index (κ1) is 11.3. The van der Waals surface area contributed by atoms with E-state index in [2.05, 4.69) is 21.7 Å². The van der Waals surface area contributed by atoms with Crippen molar-refractivity contribution in [1.29, 1.82) is 0 Å². The molecule has 1 aromatic carbocycles. The third-order valence-electron chi connectivity index (χ3n) is 3.76. The molecule has 1 N–H and O–H groups in total. The molecule has 0 fully saturated rings. The lowest BCUT2D eigenvalue weighted by molar-refractivity contribution is -0.117. The summed E-state index contributed by atoms with van der Waals surface area (Å²) in [7, 11) is 0. The van der Waals surface area contributed by atoms with E-state index in [9.17, 15) is 4.79 Å². The molecule has 96 valence electrons. The Hall–Kier alpha value is -1.52. The van der Waals surface area contributed by atoms with Gasteiger partial charge in [0, 0.05) is 11.4 Å². The highest BCUT2D eigenvalue weighted by atomic mass is 35.5. The number of anilines is 2. The molecule has 0 saturated heterocycles. The Balaban J connectivity index is 1.91. The summed E-state index contributed by atoms with van der Waals surface area (Å²) in [6.07, 6.45) is 0.989. The van der Waals surface area contributed by atoms with Gasteiger partial charge in [0.1, 0.15) is 6.04 Å². The van der Waals surface area contributed by atoms with Crippen LogP contribution in [0.4, 0.5) is 11.4 Å². The molecule has 3 nitrogen and oxygen atoms in total. The molecule has 1 aromatic heterocycles. The fourth-order valence-electron chi connectivity index (χ4n) is 2.93. The predicted octanol–water partition coefficient (Wildman–Crippen LogP) is 3.46. The SMILES string of the molecule is O=C1Nc2c(Cl)cccc2N2CCc3sccc3C12. The maximum atomic E-state index is 12.4. The van der Waals surface area contributed by atoms with Crippen LogP contribution in [0.1, 0.15) is 16.5 Å². The summed E-state index contributed by atoms with van der Waals surface area (Å²) in [6, 6.07) is 7.61. The zero-order valence-corrected chi connectivity index (χ0v) is 11.6. The molecule has 1 atom stereocenters. The molecule has 2 aliphatic rings. The number of fused-ring (bicyclic) bond motifs is 5. The van der Waals surface area contributed by atoms with Crippen LogP contribution in [-0.2, 0) is 11.2 Å². The minimum Gasteiger partial charge on any atom is -0.354 e. The molecule has 0 radical (unpaired) electrons. The van der Waals surface area contributed by atoms with E-state index in [-0.39, 0.29) is 11.9 Å². The standard InChI is InChI=1S/C14H11ClN2OS/c15-9-2-1-3-10-12(9)16-14(18)13-8-5-7-19-11(8)4-6-17(10)13/h1-3,5,7,13H,4,6H2,(H,16,18). The Bertz CT molecular complexity index is 682. The van der Waals surface area contributed by atoms with Crippen LogP contribution in [0.25, 0.3) is 0 Å². The monoisotopic (exact) mass is 290 g/mol. The molecule has 1 amide bonds. The summed E-state index contributed by atoms with van der Waals surface area (Å²) in [5.74, 6) is 0.0138. The molecule has 1 unspecified atom stereocenters. The van der Waals surface area contributed by atoms with E-state index in [0.29, 0.717) is 5.02 Å². The van der Waals surface area contributed by atoms with Crippen LogP contribution in [0.5, 0.6) is 0 Å². The van der Waals surface area contributed by atoms with Gasteiger partial charge in [-0.2, -0.15) is 0 Å². The number of benzene rings is 1. The Kier molecular flexibility index (Phi) is 2.37. The van der Waals surface area contributed by atoms with E-state index < -0.39 is 0 Å². The van der Waals surface area contributed by atoms with E-state index in [1.807, 2.05) is 12.1 Å². The second-order valence-corrected chi connectivity index (χ2v) is 6.18. The summed E-state index contributed by atoms with van der Waals surface area (Å²) < 4.78 is 0. The number of rotatable bonds is 0. The van der Waals surface area contributed by atoms with Gasteiger partial charge >= 0.3 is 0 Å². The second-order valence-electron chi connectivity index (χ2n) is 4.77. The molecule has 2 aromatic rings. The summed E-state index contributed by atoms with van der Waals surface area (Å²) in [6.45, 7) is 0.860. The Morgan fingerprint density at radius 1 is 1.37 bits per heavy atom. The van der Waals surface area contributed by atoms with E-state index in [1.165, 1.54) is 4.88 Å². The molecule has 19 heavy (non-hydrogen) atoms. The van der Waals surface area contributed by atoms with Gasteiger partial charge in [0.15, 0.2) is 0 Å². The zero-order chi connectivity index (χ0) is 13.0. The van der Waals surface area contributed by atoms with Crippen LogP contribution in [0.3, 0.4) is 0 Å². The molecule has 5 heteroatoms. The molecule has 0 spiro atoms. The number of para-hydroxylation sites is 1. The van der Waals surface area contributed by atoms with E-state index in [0.717, 1.165) is 29.9 Å². The number of hydrogen-bond donors (Lipinski definition) is 1. The van der Waals surface area contributed by atoms with Crippen molar-refractivity contribution in [3.05, 3.63) is 45.1 Å². The maximum Gasteiger partial charge on any atom is 0.251 e. The van der Waals surface area contributed by atoms with E-state index in [4.69, 9.17) is 11.6 Å². The molecule has 0 bridgehead atoms. The topological polar surface area (TPSA) is 32.3 Å². The maximum absolute atomic E-state index is 12.4. The van der Waals surface area contributed by atoms with Gasteiger partial charge in [-0.25, -0.2) is 0 Å². The largest absolute Gasteiger partial charge is 0.354 e. The van der Waals surface area contributed by atoms with Crippen molar-refractivity contribution in [2.75, 3.05) is 16.8 Å².